The molecule has 0 bridgehead atoms. The number of amides is 1. The van der Waals surface area contributed by atoms with Gasteiger partial charge >= 0.3 is 0 Å². The first-order valence-electron chi connectivity index (χ1n) is 8.48. The molecule has 1 saturated heterocycles. The molecule has 1 atom stereocenters. The minimum Gasteiger partial charge on any atom is -0.377 e. The van der Waals surface area contributed by atoms with E-state index in [1.54, 1.807) is 12.5 Å². The number of hydrogen-bond donors (Lipinski definition) is 0. The average Bonchev–Trinajstić information content (AvgIpc) is 3.14. The fourth-order valence-electron chi connectivity index (χ4n) is 3.98. The quantitative estimate of drug-likeness (QED) is 0.840. The molecule has 0 spiro atoms. The summed E-state index contributed by atoms with van der Waals surface area (Å²) in [5.41, 5.74) is 2.98. The smallest absolute Gasteiger partial charge is 0.225 e. The van der Waals surface area contributed by atoms with Crippen molar-refractivity contribution >= 4 is 22.2 Å². The Bertz CT molecular complexity index is 577. The Hall–Kier alpha value is -0.910. The summed E-state index contributed by atoms with van der Waals surface area (Å²) in [4.78, 5) is 18.0. The maximum absolute atomic E-state index is 12.1. The van der Waals surface area contributed by atoms with Gasteiger partial charge < -0.3 is 4.74 Å². The van der Waals surface area contributed by atoms with Crippen LogP contribution < -0.4 is 4.90 Å². The van der Waals surface area contributed by atoms with Crippen LogP contribution in [-0.2, 0) is 28.9 Å². The lowest BCUT2D eigenvalue weighted by Crippen LogP contribution is -2.46. The molecule has 1 aromatic rings. The Labute approximate surface area is 136 Å². The van der Waals surface area contributed by atoms with E-state index in [1.807, 2.05) is 16.2 Å². The molecular formula is C17H24N2O2S. The number of fused-ring (bicyclic) bond motifs is 3. The summed E-state index contributed by atoms with van der Waals surface area (Å²) < 4.78 is 5.79. The van der Waals surface area contributed by atoms with Crippen LogP contribution >= 0.6 is 11.3 Å². The molecule has 0 N–H and O–H groups in total. The third-order valence-corrected chi connectivity index (χ3v) is 6.45. The van der Waals surface area contributed by atoms with Gasteiger partial charge in [-0.2, -0.15) is 0 Å². The molecule has 0 aromatic carbocycles. The molecule has 1 amide bonds. The van der Waals surface area contributed by atoms with Crippen LogP contribution in [0.4, 0.5) is 5.00 Å². The molecule has 22 heavy (non-hydrogen) atoms. The Kier molecular flexibility index (Phi) is 3.96. The first-order valence-corrected chi connectivity index (χ1v) is 9.29. The first kappa shape index (κ1) is 14.7. The van der Waals surface area contributed by atoms with E-state index in [1.165, 1.54) is 47.5 Å². The molecule has 2 aliphatic heterocycles. The van der Waals surface area contributed by atoms with Crippen molar-refractivity contribution in [3.05, 3.63) is 16.0 Å². The molecule has 3 aliphatic rings. The monoisotopic (exact) mass is 320 g/mol. The van der Waals surface area contributed by atoms with E-state index in [9.17, 15) is 4.79 Å². The van der Waals surface area contributed by atoms with Gasteiger partial charge in [0.1, 0.15) is 5.00 Å². The largest absolute Gasteiger partial charge is 0.377 e. The summed E-state index contributed by atoms with van der Waals surface area (Å²) in [5.74, 6) is 0.164. The lowest BCUT2D eigenvalue weighted by molar-refractivity contribution is -0.117. The molecule has 1 aromatic heterocycles. The second kappa shape index (κ2) is 5.95. The highest BCUT2D eigenvalue weighted by molar-refractivity contribution is 7.16. The third-order valence-electron chi connectivity index (χ3n) is 5.09. The Morgan fingerprint density at radius 3 is 2.91 bits per heavy atom. The predicted molar refractivity (Wildman–Crippen MR) is 88.4 cm³/mol. The first-order chi connectivity index (χ1) is 10.7. The number of anilines is 1. The van der Waals surface area contributed by atoms with Crippen LogP contribution in [-0.4, -0.2) is 36.7 Å². The second-order valence-corrected chi connectivity index (χ2v) is 7.81. The topological polar surface area (TPSA) is 32.8 Å². The molecule has 4 nitrogen and oxygen atoms in total. The van der Waals surface area contributed by atoms with Crippen molar-refractivity contribution in [1.29, 1.82) is 0 Å². The van der Waals surface area contributed by atoms with Crippen LogP contribution in [0.1, 0.15) is 48.6 Å². The number of nitrogens with zero attached hydrogens (tertiary/aromatic N) is 2. The molecular weight excluding hydrogens is 296 g/mol. The molecule has 3 heterocycles. The lowest BCUT2D eigenvalue weighted by atomic mass is 9.94. The molecule has 1 fully saturated rings. The predicted octanol–water partition coefficient (Wildman–Crippen LogP) is 2.93. The molecule has 1 aliphatic carbocycles. The zero-order valence-electron chi connectivity index (χ0n) is 13.3. The number of hydrogen-bond acceptors (Lipinski definition) is 4. The molecule has 0 unspecified atom stereocenters. The minimum absolute atomic E-state index is 0.164. The highest BCUT2D eigenvalue weighted by atomic mass is 32.1. The number of carbonyl (C=O) groups is 1. The van der Waals surface area contributed by atoms with E-state index >= 15 is 0 Å². The molecule has 120 valence electrons. The summed E-state index contributed by atoms with van der Waals surface area (Å²) in [6.45, 7) is 5.26. The van der Waals surface area contributed by atoms with Crippen LogP contribution in [0.2, 0.25) is 0 Å². The van der Waals surface area contributed by atoms with E-state index in [0.29, 0.717) is 6.10 Å². The highest BCUT2D eigenvalue weighted by Gasteiger charge is 2.33. The van der Waals surface area contributed by atoms with Crippen LogP contribution in [0.3, 0.4) is 0 Å². The number of carbonyl (C=O) groups excluding carboxylic acids is 1. The van der Waals surface area contributed by atoms with Crippen LogP contribution in [0.25, 0.3) is 0 Å². The fraction of sp³-hybridized carbons (Fsp3) is 0.706. The number of ether oxygens (including phenoxy) is 1. The maximum atomic E-state index is 12.1. The van der Waals surface area contributed by atoms with E-state index < -0.39 is 0 Å². The standard InChI is InChI=1S/C17H24N2O2S/c1-12(20)19-11-18(9-13-5-4-8-21-13)10-15-14-6-2-3-7-16(14)22-17(15)19/h13H,2-11H2,1H3/t13-/m0/s1. The third kappa shape index (κ3) is 2.59. The Morgan fingerprint density at radius 1 is 1.27 bits per heavy atom. The van der Waals surface area contributed by atoms with E-state index in [-0.39, 0.29) is 5.91 Å². The van der Waals surface area contributed by atoms with E-state index in [4.69, 9.17) is 4.74 Å². The fourth-order valence-corrected chi connectivity index (χ4v) is 5.41. The van der Waals surface area contributed by atoms with Gasteiger partial charge in [0, 0.05) is 37.1 Å². The van der Waals surface area contributed by atoms with Crippen molar-refractivity contribution in [2.45, 2.75) is 58.1 Å². The average molecular weight is 320 g/mol. The highest BCUT2D eigenvalue weighted by Crippen LogP contribution is 2.43. The van der Waals surface area contributed by atoms with Crippen LogP contribution in [0, 0.1) is 0 Å². The normalized spacial score (nSPS) is 25.1. The minimum atomic E-state index is 0.164. The van der Waals surface area contributed by atoms with Crippen LogP contribution in [0.15, 0.2) is 0 Å². The SMILES string of the molecule is CC(=O)N1CN(C[C@@H]2CCCO2)Cc2c1sc1c2CCCC1. The van der Waals surface area contributed by atoms with Gasteiger partial charge in [-0.1, -0.05) is 0 Å². The van der Waals surface area contributed by atoms with Crippen molar-refractivity contribution in [3.8, 4) is 0 Å². The van der Waals surface area contributed by atoms with Gasteiger partial charge in [-0.05, 0) is 44.1 Å². The summed E-state index contributed by atoms with van der Waals surface area (Å²) in [6.07, 6.45) is 7.67. The van der Waals surface area contributed by atoms with Crippen molar-refractivity contribution in [1.82, 2.24) is 4.90 Å². The molecule has 5 heteroatoms. The van der Waals surface area contributed by atoms with Crippen molar-refractivity contribution in [3.63, 3.8) is 0 Å². The van der Waals surface area contributed by atoms with Crippen molar-refractivity contribution in [2.75, 3.05) is 24.7 Å². The van der Waals surface area contributed by atoms with E-state index in [2.05, 4.69) is 4.90 Å². The van der Waals surface area contributed by atoms with Gasteiger partial charge in [0.25, 0.3) is 0 Å². The maximum Gasteiger partial charge on any atom is 0.225 e. The number of thiophene rings is 1. The van der Waals surface area contributed by atoms with Gasteiger partial charge in [0.2, 0.25) is 5.91 Å². The second-order valence-electron chi connectivity index (χ2n) is 6.73. The number of aryl methyl sites for hydroxylation is 1. The zero-order valence-corrected chi connectivity index (χ0v) is 14.1. The van der Waals surface area contributed by atoms with Gasteiger partial charge in [0.15, 0.2) is 0 Å². The molecule has 4 rings (SSSR count). The summed E-state index contributed by atoms with van der Waals surface area (Å²) >= 11 is 1.87. The van der Waals surface area contributed by atoms with Gasteiger partial charge in [-0.25, -0.2) is 0 Å². The van der Waals surface area contributed by atoms with E-state index in [0.717, 1.165) is 32.8 Å². The van der Waals surface area contributed by atoms with Crippen molar-refractivity contribution in [2.24, 2.45) is 0 Å². The van der Waals surface area contributed by atoms with Gasteiger partial charge in [0.05, 0.1) is 12.8 Å². The van der Waals surface area contributed by atoms with Gasteiger partial charge in [-0.3, -0.25) is 14.6 Å². The summed E-state index contributed by atoms with van der Waals surface area (Å²) in [5, 5.41) is 1.22. The lowest BCUT2D eigenvalue weighted by Gasteiger charge is -2.36. The summed E-state index contributed by atoms with van der Waals surface area (Å²) in [7, 11) is 0. The molecule has 0 radical (unpaired) electrons. The Balaban J connectivity index is 1.62. The summed E-state index contributed by atoms with van der Waals surface area (Å²) in [6, 6.07) is 0. The van der Waals surface area contributed by atoms with Crippen molar-refractivity contribution < 1.29 is 9.53 Å². The Morgan fingerprint density at radius 2 is 2.14 bits per heavy atom. The molecule has 0 saturated carbocycles. The van der Waals surface area contributed by atoms with Gasteiger partial charge in [-0.15, -0.1) is 11.3 Å². The zero-order chi connectivity index (χ0) is 15.1. The number of rotatable bonds is 2. The van der Waals surface area contributed by atoms with Crippen LogP contribution in [0.5, 0.6) is 0 Å².